The quantitative estimate of drug-likeness (QED) is 0.650. The summed E-state index contributed by atoms with van der Waals surface area (Å²) in [6, 6.07) is 1.98. The highest BCUT2D eigenvalue weighted by atomic mass is 19.1. The normalized spacial score (nSPS) is 17.7. The van der Waals surface area contributed by atoms with Gasteiger partial charge in [-0.15, -0.1) is 0 Å². The number of β-amino-alcohol motifs (C(OH)–C–C–N with tert-alkyl or cyclic N) is 1. The van der Waals surface area contributed by atoms with E-state index in [4.69, 9.17) is 14.6 Å². The minimum Gasteiger partial charge on any atom is -0.484 e. The Hall–Kier alpha value is -2.72. The van der Waals surface area contributed by atoms with Gasteiger partial charge in [0.1, 0.15) is 11.8 Å². The van der Waals surface area contributed by atoms with Crippen LogP contribution in [0, 0.1) is 11.6 Å². The van der Waals surface area contributed by atoms with E-state index >= 15 is 0 Å². The first-order valence-electron chi connectivity index (χ1n) is 9.16. The summed E-state index contributed by atoms with van der Waals surface area (Å²) in [5.74, 6) is -3.69. The molecule has 1 aromatic carbocycles. The molecule has 1 amide bonds. The van der Waals surface area contributed by atoms with Crippen LogP contribution in [0.15, 0.2) is 23.4 Å². The number of anilines is 1. The van der Waals surface area contributed by atoms with E-state index in [0.717, 1.165) is 19.2 Å². The van der Waals surface area contributed by atoms with Gasteiger partial charge in [0.2, 0.25) is 0 Å². The predicted octanol–water partition coefficient (Wildman–Crippen LogP) is 1.20. The first kappa shape index (κ1) is 21.0. The van der Waals surface area contributed by atoms with Gasteiger partial charge in [0.15, 0.2) is 17.4 Å². The number of carbonyl (C=O) groups excluding carboxylic acids is 2. The van der Waals surface area contributed by atoms with Gasteiger partial charge in [0.05, 0.1) is 39.0 Å². The Morgan fingerprint density at radius 1 is 1.31 bits per heavy atom. The molecule has 1 saturated heterocycles. The van der Waals surface area contributed by atoms with Gasteiger partial charge in [-0.3, -0.25) is 4.79 Å². The maximum absolute atomic E-state index is 14.5. The second kappa shape index (κ2) is 9.19. The summed E-state index contributed by atoms with van der Waals surface area (Å²) in [7, 11) is 1.16. The second-order valence-electron chi connectivity index (χ2n) is 6.62. The van der Waals surface area contributed by atoms with Crippen LogP contribution in [0.5, 0.6) is 5.75 Å². The number of nitrogens with one attached hydrogen (secondary N) is 1. The Morgan fingerprint density at radius 3 is 2.55 bits per heavy atom. The molecule has 1 fully saturated rings. The van der Waals surface area contributed by atoms with Crippen molar-refractivity contribution in [3.63, 3.8) is 0 Å². The van der Waals surface area contributed by atoms with Crippen LogP contribution in [0.1, 0.15) is 12.8 Å². The third-order valence-electron chi connectivity index (χ3n) is 4.67. The predicted molar refractivity (Wildman–Crippen MR) is 97.2 cm³/mol. The summed E-state index contributed by atoms with van der Waals surface area (Å²) in [5.41, 5.74) is -0.202. The minimum absolute atomic E-state index is 0.00507. The number of aliphatic hydroxyl groups excluding tert-OH is 1. The molecule has 1 aromatic rings. The summed E-state index contributed by atoms with van der Waals surface area (Å²) in [5, 5.41) is 11.7. The Labute approximate surface area is 166 Å². The standard InChI is InChI=1S/C19H22F2N2O6/c1-27-19(26)13-10-23(4-5-24)18(25)16(13)22-11-8-14(20)17(15(21)9-11)29-12-2-6-28-7-3-12/h8-9,12,22,24H,2-7,10H2,1H3. The van der Waals surface area contributed by atoms with Crippen molar-refractivity contribution >= 4 is 17.6 Å². The average molecular weight is 412 g/mol. The van der Waals surface area contributed by atoms with E-state index in [1.165, 1.54) is 4.90 Å². The SMILES string of the molecule is COC(=O)C1=C(Nc2cc(F)c(OC3CCOCC3)c(F)c2)C(=O)N(CCO)C1. The molecule has 0 saturated carbocycles. The van der Waals surface area contributed by atoms with Gasteiger partial charge in [-0.05, 0) is 0 Å². The number of amides is 1. The number of aliphatic hydroxyl groups is 1. The number of hydrogen-bond donors (Lipinski definition) is 2. The van der Waals surface area contributed by atoms with E-state index in [9.17, 15) is 18.4 Å². The number of ether oxygens (including phenoxy) is 3. The zero-order valence-corrected chi connectivity index (χ0v) is 15.9. The molecule has 0 aromatic heterocycles. The lowest BCUT2D eigenvalue weighted by Crippen LogP contribution is -2.31. The highest BCUT2D eigenvalue weighted by molar-refractivity contribution is 6.08. The number of esters is 1. The Kier molecular flexibility index (Phi) is 6.65. The van der Waals surface area contributed by atoms with Crippen molar-refractivity contribution < 1.29 is 37.7 Å². The molecule has 2 aliphatic heterocycles. The minimum atomic E-state index is -0.933. The summed E-state index contributed by atoms with van der Waals surface area (Å²) in [4.78, 5) is 25.7. The van der Waals surface area contributed by atoms with Crippen LogP contribution in [0.2, 0.25) is 0 Å². The van der Waals surface area contributed by atoms with Crippen LogP contribution < -0.4 is 10.1 Å². The number of rotatable bonds is 7. The van der Waals surface area contributed by atoms with E-state index in [1.807, 2.05) is 0 Å². The van der Waals surface area contributed by atoms with Crippen molar-refractivity contribution in [3.05, 3.63) is 35.0 Å². The van der Waals surface area contributed by atoms with Crippen molar-refractivity contribution in [2.45, 2.75) is 18.9 Å². The third-order valence-corrected chi connectivity index (χ3v) is 4.67. The zero-order chi connectivity index (χ0) is 21.0. The van der Waals surface area contributed by atoms with Crippen LogP contribution >= 0.6 is 0 Å². The monoisotopic (exact) mass is 412 g/mol. The van der Waals surface area contributed by atoms with Gasteiger partial charge in [0, 0.05) is 37.2 Å². The molecule has 2 aliphatic rings. The highest BCUT2D eigenvalue weighted by Crippen LogP contribution is 2.30. The van der Waals surface area contributed by atoms with Gasteiger partial charge < -0.3 is 29.5 Å². The molecule has 3 rings (SSSR count). The zero-order valence-electron chi connectivity index (χ0n) is 15.9. The maximum atomic E-state index is 14.5. The van der Waals surface area contributed by atoms with Crippen LogP contribution in [0.4, 0.5) is 14.5 Å². The fourth-order valence-electron chi connectivity index (χ4n) is 3.20. The lowest BCUT2D eigenvalue weighted by atomic mass is 10.1. The lowest BCUT2D eigenvalue weighted by molar-refractivity contribution is -0.136. The maximum Gasteiger partial charge on any atom is 0.337 e. The Bertz CT molecular complexity index is 800. The Balaban J connectivity index is 1.82. The van der Waals surface area contributed by atoms with E-state index in [1.54, 1.807) is 0 Å². The van der Waals surface area contributed by atoms with Gasteiger partial charge in [0.25, 0.3) is 5.91 Å². The molecule has 29 heavy (non-hydrogen) atoms. The van der Waals surface area contributed by atoms with Crippen molar-refractivity contribution in [1.82, 2.24) is 4.90 Å². The lowest BCUT2D eigenvalue weighted by Gasteiger charge is -2.24. The number of carbonyl (C=O) groups is 2. The summed E-state index contributed by atoms with van der Waals surface area (Å²) >= 11 is 0. The fraction of sp³-hybridized carbons (Fsp3) is 0.474. The second-order valence-corrected chi connectivity index (χ2v) is 6.62. The molecule has 0 bridgehead atoms. The van der Waals surface area contributed by atoms with E-state index < -0.39 is 29.3 Å². The number of halogens is 2. The van der Waals surface area contributed by atoms with Gasteiger partial charge in [-0.1, -0.05) is 0 Å². The first-order valence-corrected chi connectivity index (χ1v) is 9.16. The van der Waals surface area contributed by atoms with Gasteiger partial charge in [-0.2, -0.15) is 0 Å². The first-order chi connectivity index (χ1) is 13.9. The molecular formula is C19H22F2N2O6. The van der Waals surface area contributed by atoms with Crippen LogP contribution in [-0.2, 0) is 19.1 Å². The van der Waals surface area contributed by atoms with Crippen LogP contribution in [0.25, 0.3) is 0 Å². The number of methoxy groups -OCH3 is 1. The van der Waals surface area contributed by atoms with Crippen molar-refractivity contribution in [1.29, 1.82) is 0 Å². The van der Waals surface area contributed by atoms with E-state index in [0.29, 0.717) is 26.1 Å². The molecular weight excluding hydrogens is 390 g/mol. The molecule has 0 aliphatic carbocycles. The molecule has 0 unspecified atom stereocenters. The highest BCUT2D eigenvalue weighted by Gasteiger charge is 2.34. The molecule has 0 atom stereocenters. The van der Waals surface area contributed by atoms with Gasteiger partial charge in [-0.25, -0.2) is 13.6 Å². The molecule has 0 radical (unpaired) electrons. The van der Waals surface area contributed by atoms with Crippen molar-refractivity contribution in [2.24, 2.45) is 0 Å². The summed E-state index contributed by atoms with van der Waals surface area (Å²) in [6.07, 6.45) is 0.719. The van der Waals surface area contributed by atoms with Crippen molar-refractivity contribution in [3.8, 4) is 5.75 Å². The molecule has 10 heteroatoms. The van der Waals surface area contributed by atoms with Gasteiger partial charge >= 0.3 is 5.97 Å². The summed E-state index contributed by atoms with van der Waals surface area (Å²) in [6.45, 7) is 0.555. The molecule has 2 heterocycles. The molecule has 2 N–H and O–H groups in total. The average Bonchev–Trinajstić information content (AvgIpc) is 3.01. The molecule has 0 spiro atoms. The number of nitrogens with zero attached hydrogens (tertiary/aromatic N) is 1. The number of hydrogen-bond acceptors (Lipinski definition) is 7. The summed E-state index contributed by atoms with van der Waals surface area (Å²) < 4.78 is 44.3. The number of benzene rings is 1. The fourth-order valence-corrected chi connectivity index (χ4v) is 3.20. The van der Waals surface area contributed by atoms with E-state index in [-0.39, 0.29) is 42.8 Å². The van der Waals surface area contributed by atoms with E-state index in [2.05, 4.69) is 10.1 Å². The third kappa shape index (κ3) is 4.65. The smallest absolute Gasteiger partial charge is 0.337 e. The van der Waals surface area contributed by atoms with Crippen LogP contribution in [-0.4, -0.2) is 68.0 Å². The Morgan fingerprint density at radius 2 is 1.97 bits per heavy atom. The molecule has 8 nitrogen and oxygen atoms in total. The topological polar surface area (TPSA) is 97.3 Å². The van der Waals surface area contributed by atoms with Crippen LogP contribution in [0.3, 0.4) is 0 Å². The molecule has 158 valence electrons. The largest absolute Gasteiger partial charge is 0.484 e. The van der Waals surface area contributed by atoms with Crippen molar-refractivity contribution in [2.75, 3.05) is 45.3 Å².